The van der Waals surface area contributed by atoms with Crippen LogP contribution in [0.1, 0.15) is 28.4 Å². The predicted molar refractivity (Wildman–Crippen MR) is 117 cm³/mol. The van der Waals surface area contributed by atoms with Crippen LogP contribution in [0.25, 0.3) is 10.9 Å². The molecule has 4 rings (SSSR count). The Morgan fingerprint density at radius 2 is 1.87 bits per heavy atom. The van der Waals surface area contributed by atoms with E-state index in [0.717, 1.165) is 16.5 Å². The second kappa shape index (κ2) is 7.83. The van der Waals surface area contributed by atoms with Gasteiger partial charge in [-0.15, -0.1) is 0 Å². The van der Waals surface area contributed by atoms with Gasteiger partial charge in [-0.2, -0.15) is 0 Å². The minimum absolute atomic E-state index is 0.132. The van der Waals surface area contributed by atoms with Crippen LogP contribution in [0.2, 0.25) is 0 Å². The monoisotopic (exact) mass is 399 g/mol. The average Bonchev–Trinajstić information content (AvgIpc) is 3.04. The number of pyridine rings is 1. The van der Waals surface area contributed by atoms with E-state index in [4.69, 9.17) is 9.73 Å². The molecule has 0 fully saturated rings. The molecule has 4 aromatic rings. The number of aromatic hydroxyl groups is 1. The number of methoxy groups -OCH3 is 1. The van der Waals surface area contributed by atoms with Gasteiger partial charge in [0.2, 0.25) is 17.7 Å². The number of ether oxygens (including phenoxy) is 1. The Morgan fingerprint density at radius 3 is 2.50 bits per heavy atom. The highest BCUT2D eigenvalue weighted by molar-refractivity contribution is 6.23. The number of carbonyl (C=O) groups excluding carboxylic acids is 1. The van der Waals surface area contributed by atoms with Gasteiger partial charge in [0, 0.05) is 23.9 Å². The molecule has 30 heavy (non-hydrogen) atoms. The number of carbonyl (C=O) groups is 1. The summed E-state index contributed by atoms with van der Waals surface area (Å²) in [7, 11) is 1.55. The molecule has 0 amide bonds. The molecule has 0 atom stereocenters. The molecule has 2 aromatic heterocycles. The Labute approximate surface area is 174 Å². The van der Waals surface area contributed by atoms with E-state index >= 15 is 0 Å². The average molecular weight is 399 g/mol. The van der Waals surface area contributed by atoms with Crippen molar-refractivity contribution < 1.29 is 14.6 Å². The molecule has 0 saturated heterocycles. The molecule has 0 aliphatic heterocycles. The van der Waals surface area contributed by atoms with E-state index in [1.807, 2.05) is 55.5 Å². The zero-order valence-electron chi connectivity index (χ0n) is 17.0. The second-order valence-corrected chi connectivity index (χ2v) is 6.96. The van der Waals surface area contributed by atoms with Gasteiger partial charge in [-0.05, 0) is 24.6 Å². The first-order valence-electron chi connectivity index (χ1n) is 9.49. The van der Waals surface area contributed by atoms with Crippen molar-refractivity contribution in [2.24, 2.45) is 4.99 Å². The van der Waals surface area contributed by atoms with E-state index in [-0.39, 0.29) is 11.8 Å². The topological polar surface area (TPSA) is 76.7 Å². The molecule has 0 aliphatic rings. The normalized spacial score (nSPS) is 11.6. The summed E-state index contributed by atoms with van der Waals surface area (Å²) in [5, 5.41) is 11.8. The fraction of sp³-hybridized carbons (Fsp3) is 0.125. The van der Waals surface area contributed by atoms with Gasteiger partial charge in [0.25, 0.3) is 0 Å². The van der Waals surface area contributed by atoms with Crippen molar-refractivity contribution in [3.05, 3.63) is 83.6 Å². The smallest absolute Gasteiger partial charge is 0.230 e. The van der Waals surface area contributed by atoms with Crippen LogP contribution in [0.4, 0.5) is 5.69 Å². The van der Waals surface area contributed by atoms with Crippen LogP contribution in [-0.4, -0.2) is 33.4 Å². The molecular weight excluding hydrogens is 378 g/mol. The van der Waals surface area contributed by atoms with Crippen molar-refractivity contribution in [3.8, 4) is 11.8 Å². The number of aromatic nitrogens is 2. The Bertz CT molecular complexity index is 1260. The summed E-state index contributed by atoms with van der Waals surface area (Å²) in [6.07, 6.45) is 1.60. The summed E-state index contributed by atoms with van der Waals surface area (Å²) in [6.45, 7) is 3.38. The summed E-state index contributed by atoms with van der Waals surface area (Å²) < 4.78 is 6.44. The van der Waals surface area contributed by atoms with Crippen LogP contribution in [-0.2, 0) is 0 Å². The third-order valence-electron chi connectivity index (χ3n) is 4.87. The lowest BCUT2D eigenvalue weighted by Gasteiger charge is -2.08. The molecule has 0 unspecified atom stereocenters. The third-order valence-corrected chi connectivity index (χ3v) is 4.87. The summed E-state index contributed by atoms with van der Waals surface area (Å²) in [6, 6.07) is 18.8. The number of hydrogen-bond acceptors (Lipinski definition) is 5. The summed E-state index contributed by atoms with van der Waals surface area (Å²) in [4.78, 5) is 21.3. The summed E-state index contributed by atoms with van der Waals surface area (Å²) in [5.74, 6) is 0.0850. The largest absolute Gasteiger partial charge is 0.494 e. The number of rotatable bonds is 4. The van der Waals surface area contributed by atoms with E-state index in [2.05, 4.69) is 4.98 Å². The lowest BCUT2D eigenvalue weighted by molar-refractivity contribution is 0.0933. The van der Waals surface area contributed by atoms with Crippen molar-refractivity contribution in [1.29, 1.82) is 0 Å². The molecule has 0 spiro atoms. The van der Waals surface area contributed by atoms with Crippen molar-refractivity contribution >= 4 is 28.2 Å². The van der Waals surface area contributed by atoms with E-state index in [1.165, 1.54) is 11.5 Å². The first kappa shape index (κ1) is 19.4. The fourth-order valence-electron chi connectivity index (χ4n) is 3.49. The van der Waals surface area contributed by atoms with E-state index in [9.17, 15) is 9.90 Å². The fourth-order valence-corrected chi connectivity index (χ4v) is 3.49. The maximum Gasteiger partial charge on any atom is 0.230 e. The van der Waals surface area contributed by atoms with Gasteiger partial charge in [0.1, 0.15) is 0 Å². The zero-order chi connectivity index (χ0) is 21.3. The second-order valence-electron chi connectivity index (χ2n) is 6.96. The Kier molecular flexibility index (Phi) is 5.06. The van der Waals surface area contributed by atoms with Crippen molar-refractivity contribution in [2.45, 2.75) is 13.8 Å². The van der Waals surface area contributed by atoms with Crippen molar-refractivity contribution in [1.82, 2.24) is 9.55 Å². The van der Waals surface area contributed by atoms with Gasteiger partial charge in [-0.1, -0.05) is 42.5 Å². The third kappa shape index (κ3) is 3.43. The SMILES string of the molecule is COc1ccc(N=C(c2ccccc2)c2c(O)n(C(C)=O)c3cc(C)ccc23)cn1. The van der Waals surface area contributed by atoms with E-state index < -0.39 is 0 Å². The maximum absolute atomic E-state index is 12.3. The molecule has 1 N–H and O–H groups in total. The number of nitrogens with zero attached hydrogens (tertiary/aromatic N) is 3. The molecule has 2 aromatic carbocycles. The van der Waals surface area contributed by atoms with E-state index in [0.29, 0.717) is 28.4 Å². The molecule has 0 bridgehead atoms. The molecule has 150 valence electrons. The quantitative estimate of drug-likeness (QED) is 0.496. The number of fused-ring (bicyclic) bond motifs is 1. The molecule has 6 nitrogen and oxygen atoms in total. The molecular formula is C24H21N3O3. The van der Waals surface area contributed by atoms with Gasteiger partial charge in [-0.25, -0.2) is 9.98 Å². The molecule has 0 aliphatic carbocycles. The minimum Gasteiger partial charge on any atom is -0.494 e. The van der Waals surface area contributed by atoms with E-state index in [1.54, 1.807) is 25.4 Å². The Balaban J connectivity index is 2.03. The zero-order valence-corrected chi connectivity index (χ0v) is 17.0. The Hall–Kier alpha value is -3.93. The molecule has 0 radical (unpaired) electrons. The van der Waals surface area contributed by atoms with Crippen LogP contribution in [0.5, 0.6) is 11.8 Å². The number of aryl methyl sites for hydroxylation is 1. The highest BCUT2D eigenvalue weighted by Crippen LogP contribution is 2.35. The minimum atomic E-state index is -0.270. The van der Waals surface area contributed by atoms with Crippen LogP contribution in [0, 0.1) is 6.92 Å². The molecule has 0 saturated carbocycles. The van der Waals surface area contributed by atoms with Gasteiger partial charge in [-0.3, -0.25) is 9.36 Å². The van der Waals surface area contributed by atoms with Gasteiger partial charge >= 0.3 is 0 Å². The number of aliphatic imine (C=N–C) groups is 1. The van der Waals surface area contributed by atoms with Gasteiger partial charge in [0.05, 0.1) is 35.8 Å². The lowest BCUT2D eigenvalue weighted by atomic mass is 10.0. The maximum atomic E-state index is 12.3. The first-order chi connectivity index (χ1) is 14.5. The van der Waals surface area contributed by atoms with Gasteiger partial charge in [0.15, 0.2) is 0 Å². The van der Waals surface area contributed by atoms with Crippen LogP contribution < -0.4 is 4.74 Å². The summed E-state index contributed by atoms with van der Waals surface area (Å²) >= 11 is 0. The molecule has 6 heteroatoms. The Morgan fingerprint density at radius 1 is 1.10 bits per heavy atom. The van der Waals surface area contributed by atoms with Crippen molar-refractivity contribution in [2.75, 3.05) is 7.11 Å². The lowest BCUT2D eigenvalue weighted by Crippen LogP contribution is -2.06. The standard InChI is InChI=1S/C24H21N3O3/c1-15-9-11-19-20(13-15)27(16(2)28)24(29)22(19)23(17-7-5-4-6-8-17)26-18-10-12-21(30-3)25-14-18/h4-14,29H,1-3H3. The highest BCUT2D eigenvalue weighted by atomic mass is 16.5. The number of hydrogen-bond donors (Lipinski definition) is 1. The van der Waals surface area contributed by atoms with Crippen molar-refractivity contribution in [3.63, 3.8) is 0 Å². The van der Waals surface area contributed by atoms with Crippen LogP contribution in [0.3, 0.4) is 0 Å². The first-order valence-corrected chi connectivity index (χ1v) is 9.49. The van der Waals surface area contributed by atoms with Crippen LogP contribution >= 0.6 is 0 Å². The van der Waals surface area contributed by atoms with Crippen LogP contribution in [0.15, 0.2) is 71.9 Å². The molecule has 2 heterocycles. The predicted octanol–water partition coefficient (Wildman–Crippen LogP) is 4.89. The highest BCUT2D eigenvalue weighted by Gasteiger charge is 2.24. The van der Waals surface area contributed by atoms with Gasteiger partial charge < -0.3 is 9.84 Å². The summed E-state index contributed by atoms with van der Waals surface area (Å²) in [5.41, 5.74) is 4.10. The number of benzene rings is 2.